The maximum atomic E-state index is 12.7. The van der Waals surface area contributed by atoms with Gasteiger partial charge in [0.2, 0.25) is 5.91 Å². The average Bonchev–Trinajstić information content (AvgIpc) is 2.46. The summed E-state index contributed by atoms with van der Waals surface area (Å²) in [4.78, 5) is 17.0. The van der Waals surface area contributed by atoms with Gasteiger partial charge in [-0.05, 0) is 50.6 Å². The Morgan fingerprint density at radius 1 is 1.23 bits per heavy atom. The van der Waals surface area contributed by atoms with Crippen LogP contribution in [0.4, 0.5) is 0 Å². The third-order valence-electron chi connectivity index (χ3n) is 5.22. The van der Waals surface area contributed by atoms with Gasteiger partial charge in [0.05, 0.1) is 6.54 Å². The molecule has 2 atom stereocenters. The summed E-state index contributed by atoms with van der Waals surface area (Å²) in [6, 6.07) is 0.524. The second-order valence-corrected chi connectivity index (χ2v) is 7.88. The van der Waals surface area contributed by atoms with Crippen LogP contribution in [0.15, 0.2) is 0 Å². The number of nitrogens with two attached hydrogens (primary N) is 1. The van der Waals surface area contributed by atoms with Crippen LogP contribution in [-0.2, 0) is 4.79 Å². The minimum absolute atomic E-state index is 0. The maximum Gasteiger partial charge on any atom is 0.236 e. The second kappa shape index (κ2) is 8.51. The Balaban J connectivity index is 0.00000242. The van der Waals surface area contributed by atoms with Crippen molar-refractivity contribution in [2.45, 2.75) is 58.4 Å². The van der Waals surface area contributed by atoms with E-state index in [4.69, 9.17) is 5.73 Å². The molecule has 1 aliphatic heterocycles. The molecule has 0 radical (unpaired) electrons. The number of carbonyl (C=O) groups is 1. The average molecular weight is 332 g/mol. The van der Waals surface area contributed by atoms with Crippen LogP contribution in [-0.4, -0.2) is 55.0 Å². The van der Waals surface area contributed by atoms with Gasteiger partial charge >= 0.3 is 0 Å². The van der Waals surface area contributed by atoms with Crippen molar-refractivity contribution in [1.29, 1.82) is 0 Å². The van der Waals surface area contributed by atoms with E-state index in [1.54, 1.807) is 0 Å². The summed E-state index contributed by atoms with van der Waals surface area (Å²) < 4.78 is 0. The molecule has 1 amide bonds. The molecule has 5 heteroatoms. The molecule has 0 aromatic heterocycles. The van der Waals surface area contributed by atoms with Crippen LogP contribution in [0.1, 0.15) is 52.4 Å². The van der Waals surface area contributed by atoms with E-state index in [2.05, 4.69) is 23.6 Å². The highest BCUT2D eigenvalue weighted by atomic mass is 35.5. The molecule has 1 saturated carbocycles. The lowest BCUT2D eigenvalue weighted by Crippen LogP contribution is -2.52. The van der Waals surface area contributed by atoms with Crippen molar-refractivity contribution in [3.05, 3.63) is 0 Å². The van der Waals surface area contributed by atoms with Crippen LogP contribution < -0.4 is 5.73 Å². The van der Waals surface area contributed by atoms with Crippen molar-refractivity contribution in [2.75, 3.05) is 33.2 Å². The topological polar surface area (TPSA) is 49.6 Å². The SMILES string of the molecule is CN(CC(=O)N1CCCC2CCCCC21)CC(C)(C)CN.Cl. The molecule has 2 fully saturated rings. The molecule has 1 heterocycles. The number of amides is 1. The van der Waals surface area contributed by atoms with E-state index in [9.17, 15) is 4.79 Å². The molecule has 0 aromatic carbocycles. The number of halogens is 1. The Kier molecular flexibility index (Phi) is 7.63. The van der Waals surface area contributed by atoms with Gasteiger partial charge in [0.25, 0.3) is 0 Å². The molecule has 22 heavy (non-hydrogen) atoms. The standard InChI is InChI=1S/C17H33N3O.ClH/c1-17(2,12-18)13-19(3)11-16(21)20-10-6-8-14-7-4-5-9-15(14)20;/h14-15H,4-13,18H2,1-3H3;1H. The van der Waals surface area contributed by atoms with Crippen LogP contribution in [0.5, 0.6) is 0 Å². The molecule has 1 aliphatic carbocycles. The summed E-state index contributed by atoms with van der Waals surface area (Å²) in [5, 5.41) is 0. The van der Waals surface area contributed by atoms with Gasteiger partial charge in [-0.25, -0.2) is 0 Å². The van der Waals surface area contributed by atoms with Crippen molar-refractivity contribution in [3.8, 4) is 0 Å². The van der Waals surface area contributed by atoms with E-state index in [0.29, 0.717) is 25.0 Å². The first-order valence-corrected chi connectivity index (χ1v) is 8.61. The summed E-state index contributed by atoms with van der Waals surface area (Å²) in [6.07, 6.45) is 7.70. The first kappa shape index (κ1) is 19.7. The Morgan fingerprint density at radius 3 is 2.55 bits per heavy atom. The minimum Gasteiger partial charge on any atom is -0.338 e. The van der Waals surface area contributed by atoms with Crippen LogP contribution >= 0.6 is 12.4 Å². The number of piperidine rings is 1. The Hall–Kier alpha value is -0.320. The molecule has 0 spiro atoms. The number of hydrogen-bond acceptors (Lipinski definition) is 3. The number of likely N-dealkylation sites (N-methyl/N-ethyl adjacent to an activating group) is 1. The lowest BCUT2D eigenvalue weighted by molar-refractivity contribution is -0.138. The lowest BCUT2D eigenvalue weighted by Gasteiger charge is -2.44. The highest BCUT2D eigenvalue weighted by Gasteiger charge is 2.35. The quantitative estimate of drug-likeness (QED) is 0.842. The van der Waals surface area contributed by atoms with E-state index in [1.807, 2.05) is 7.05 Å². The Morgan fingerprint density at radius 2 is 1.86 bits per heavy atom. The van der Waals surface area contributed by atoms with Gasteiger partial charge in [0.15, 0.2) is 0 Å². The van der Waals surface area contributed by atoms with Crippen LogP contribution in [0.3, 0.4) is 0 Å². The summed E-state index contributed by atoms with van der Waals surface area (Å²) in [5.74, 6) is 1.09. The normalized spacial score (nSPS) is 25.6. The molecular weight excluding hydrogens is 298 g/mol. The van der Waals surface area contributed by atoms with Gasteiger partial charge in [-0.3, -0.25) is 9.69 Å². The summed E-state index contributed by atoms with van der Waals surface area (Å²) in [7, 11) is 2.04. The van der Waals surface area contributed by atoms with Crippen molar-refractivity contribution in [3.63, 3.8) is 0 Å². The van der Waals surface area contributed by atoms with Gasteiger partial charge in [0.1, 0.15) is 0 Å². The zero-order chi connectivity index (χ0) is 15.5. The molecule has 2 aliphatic rings. The summed E-state index contributed by atoms with van der Waals surface area (Å²) >= 11 is 0. The lowest BCUT2D eigenvalue weighted by atomic mass is 9.78. The summed E-state index contributed by atoms with van der Waals surface area (Å²) in [6.45, 7) is 7.34. The maximum absolute atomic E-state index is 12.7. The first-order chi connectivity index (χ1) is 9.93. The van der Waals surface area contributed by atoms with Gasteiger partial charge in [-0.15, -0.1) is 12.4 Å². The van der Waals surface area contributed by atoms with Crippen molar-refractivity contribution in [1.82, 2.24) is 9.80 Å². The monoisotopic (exact) mass is 331 g/mol. The smallest absolute Gasteiger partial charge is 0.236 e. The van der Waals surface area contributed by atoms with Crippen LogP contribution in [0.25, 0.3) is 0 Å². The van der Waals surface area contributed by atoms with Crippen molar-refractivity contribution >= 4 is 18.3 Å². The zero-order valence-electron chi connectivity index (χ0n) is 14.5. The highest BCUT2D eigenvalue weighted by Crippen LogP contribution is 2.35. The molecule has 1 saturated heterocycles. The van der Waals surface area contributed by atoms with Crippen LogP contribution in [0.2, 0.25) is 0 Å². The largest absolute Gasteiger partial charge is 0.338 e. The number of nitrogens with zero attached hydrogens (tertiary/aromatic N) is 2. The predicted molar refractivity (Wildman–Crippen MR) is 94.3 cm³/mol. The molecule has 2 N–H and O–H groups in total. The number of rotatable bonds is 5. The highest BCUT2D eigenvalue weighted by molar-refractivity contribution is 5.85. The third-order valence-corrected chi connectivity index (χ3v) is 5.22. The number of fused-ring (bicyclic) bond motifs is 1. The molecule has 2 unspecified atom stereocenters. The van der Waals surface area contributed by atoms with E-state index in [-0.39, 0.29) is 17.8 Å². The van der Waals surface area contributed by atoms with Gasteiger partial charge in [-0.2, -0.15) is 0 Å². The van der Waals surface area contributed by atoms with Crippen LogP contribution in [0, 0.1) is 11.3 Å². The van der Waals surface area contributed by atoms with Crippen molar-refractivity contribution < 1.29 is 4.79 Å². The molecular formula is C17H34ClN3O. The van der Waals surface area contributed by atoms with Crippen molar-refractivity contribution in [2.24, 2.45) is 17.1 Å². The molecule has 0 bridgehead atoms. The molecule has 0 aromatic rings. The van der Waals surface area contributed by atoms with E-state index < -0.39 is 0 Å². The first-order valence-electron chi connectivity index (χ1n) is 8.61. The second-order valence-electron chi connectivity index (χ2n) is 7.88. The fraction of sp³-hybridized carbons (Fsp3) is 0.941. The number of hydrogen-bond donors (Lipinski definition) is 1. The Labute approximate surface area is 142 Å². The molecule has 4 nitrogen and oxygen atoms in total. The number of likely N-dealkylation sites (tertiary alicyclic amines) is 1. The fourth-order valence-corrected chi connectivity index (χ4v) is 4.11. The minimum atomic E-state index is 0. The van der Waals surface area contributed by atoms with E-state index in [1.165, 1.54) is 38.5 Å². The summed E-state index contributed by atoms with van der Waals surface area (Å²) in [5.41, 5.74) is 5.87. The zero-order valence-corrected chi connectivity index (χ0v) is 15.3. The third kappa shape index (κ3) is 5.10. The van der Waals surface area contributed by atoms with E-state index >= 15 is 0 Å². The predicted octanol–water partition coefficient (Wildman–Crippen LogP) is 2.51. The molecule has 130 valence electrons. The van der Waals surface area contributed by atoms with Gasteiger partial charge < -0.3 is 10.6 Å². The van der Waals surface area contributed by atoms with E-state index in [0.717, 1.165) is 19.0 Å². The Bertz CT molecular complexity index is 360. The van der Waals surface area contributed by atoms with Gasteiger partial charge in [0, 0.05) is 19.1 Å². The number of carbonyl (C=O) groups excluding carboxylic acids is 1. The molecule has 2 rings (SSSR count). The fourth-order valence-electron chi connectivity index (χ4n) is 4.11. The van der Waals surface area contributed by atoms with Gasteiger partial charge in [-0.1, -0.05) is 26.7 Å².